The lowest BCUT2D eigenvalue weighted by atomic mass is 10.1. The van der Waals surface area contributed by atoms with Crippen LogP contribution in [0.2, 0.25) is 0 Å². The van der Waals surface area contributed by atoms with Crippen LogP contribution in [0.3, 0.4) is 0 Å². The van der Waals surface area contributed by atoms with Gasteiger partial charge in [0.2, 0.25) is 0 Å². The maximum Gasteiger partial charge on any atom is 0.129 e. The number of nitrogens with two attached hydrogens (primary N) is 1. The van der Waals surface area contributed by atoms with Gasteiger partial charge in [0.15, 0.2) is 0 Å². The third-order valence-electron chi connectivity index (χ3n) is 5.98. The molecule has 0 bridgehead atoms. The van der Waals surface area contributed by atoms with Gasteiger partial charge in [-0.15, -0.1) is 0 Å². The topological polar surface area (TPSA) is 72.6 Å². The fourth-order valence-electron chi connectivity index (χ4n) is 4.17. The normalized spacial score (nSPS) is 16.3. The van der Waals surface area contributed by atoms with Crippen LogP contribution in [-0.4, -0.2) is 60.9 Å². The van der Waals surface area contributed by atoms with Crippen LogP contribution in [0.15, 0.2) is 24.0 Å². The van der Waals surface area contributed by atoms with E-state index in [0.29, 0.717) is 0 Å². The molecule has 0 fully saturated rings. The van der Waals surface area contributed by atoms with Crippen LogP contribution in [-0.2, 0) is 22.3 Å². The smallest absolute Gasteiger partial charge is 0.129 e. The number of aryl methyl sites for hydroxylation is 2. The zero-order valence-corrected chi connectivity index (χ0v) is 22.0. The lowest BCUT2D eigenvalue weighted by Gasteiger charge is -2.29. The Morgan fingerprint density at radius 1 is 1.27 bits per heavy atom. The number of unbranched alkanes of at least 4 members (excludes halogenated alkanes) is 1. The standard InChI is InChI=1S/C27H48N4O2/c1-7-11-25(33-27(3,4)5)24(28)16-19-31(20-21(2)32-6)18-9-8-13-23-15-14-22-12-10-17-29-26(22)30-23/h11,14-15,21,24H,7-10,12-13,16-20,28H2,1-6H3,(H,29,30)/b25-11+/t21-,24?/m1/s1. The molecule has 1 unspecified atom stereocenters. The van der Waals surface area contributed by atoms with E-state index in [9.17, 15) is 0 Å². The number of aromatic nitrogens is 1. The molecule has 0 amide bonds. The lowest BCUT2D eigenvalue weighted by Crippen LogP contribution is -2.38. The number of ether oxygens (including phenoxy) is 2. The van der Waals surface area contributed by atoms with Crippen molar-refractivity contribution in [2.45, 2.75) is 97.3 Å². The molecule has 2 rings (SSSR count). The van der Waals surface area contributed by atoms with Crippen molar-refractivity contribution in [2.75, 3.05) is 38.6 Å². The number of rotatable bonds is 14. The van der Waals surface area contributed by atoms with Gasteiger partial charge in [0.25, 0.3) is 0 Å². The molecule has 1 aromatic heterocycles. The first kappa shape index (κ1) is 27.6. The Morgan fingerprint density at radius 3 is 2.76 bits per heavy atom. The Kier molecular flexibility index (Phi) is 11.7. The third kappa shape index (κ3) is 10.4. The highest BCUT2D eigenvalue weighted by atomic mass is 16.5. The van der Waals surface area contributed by atoms with Crippen molar-refractivity contribution in [3.05, 3.63) is 35.2 Å². The number of methoxy groups -OCH3 is 1. The molecule has 0 radical (unpaired) electrons. The first-order valence-electron chi connectivity index (χ1n) is 12.8. The molecule has 0 spiro atoms. The van der Waals surface area contributed by atoms with Crippen molar-refractivity contribution in [1.82, 2.24) is 9.88 Å². The Morgan fingerprint density at radius 2 is 2.06 bits per heavy atom. The SMILES string of the molecule is CC/C=C(/OC(C)(C)C)C(N)CCN(CCCCc1ccc2c(n1)NCCC2)C[C@@H](C)OC. The van der Waals surface area contributed by atoms with Gasteiger partial charge >= 0.3 is 0 Å². The second-order valence-electron chi connectivity index (χ2n) is 10.3. The highest BCUT2D eigenvalue weighted by Crippen LogP contribution is 2.21. The van der Waals surface area contributed by atoms with Gasteiger partial charge in [-0.3, -0.25) is 0 Å². The number of hydrogen-bond acceptors (Lipinski definition) is 6. The van der Waals surface area contributed by atoms with Crippen LogP contribution in [0.5, 0.6) is 0 Å². The first-order chi connectivity index (χ1) is 15.7. The van der Waals surface area contributed by atoms with E-state index in [1.807, 2.05) is 0 Å². The van der Waals surface area contributed by atoms with Crippen molar-refractivity contribution in [2.24, 2.45) is 5.73 Å². The predicted octanol–water partition coefficient (Wildman–Crippen LogP) is 4.93. The van der Waals surface area contributed by atoms with E-state index < -0.39 is 0 Å². The van der Waals surface area contributed by atoms with E-state index in [1.54, 1.807) is 7.11 Å². The van der Waals surface area contributed by atoms with Crippen LogP contribution in [0, 0.1) is 0 Å². The summed E-state index contributed by atoms with van der Waals surface area (Å²) in [5, 5.41) is 3.44. The molecular weight excluding hydrogens is 412 g/mol. The summed E-state index contributed by atoms with van der Waals surface area (Å²) in [4.78, 5) is 7.32. The number of nitrogens with one attached hydrogen (secondary N) is 1. The molecule has 1 aliphatic heterocycles. The monoisotopic (exact) mass is 460 g/mol. The van der Waals surface area contributed by atoms with Crippen LogP contribution in [0.1, 0.15) is 78.0 Å². The Balaban J connectivity index is 1.84. The van der Waals surface area contributed by atoms with Crippen molar-refractivity contribution in [1.29, 1.82) is 0 Å². The molecule has 188 valence electrons. The van der Waals surface area contributed by atoms with Gasteiger partial charge in [-0.25, -0.2) is 4.98 Å². The summed E-state index contributed by atoms with van der Waals surface area (Å²) < 4.78 is 11.7. The number of anilines is 1. The summed E-state index contributed by atoms with van der Waals surface area (Å²) in [5.41, 5.74) is 8.86. The summed E-state index contributed by atoms with van der Waals surface area (Å²) in [5.74, 6) is 2.01. The minimum Gasteiger partial charge on any atom is -0.491 e. The molecular formula is C27H48N4O2. The molecule has 6 heteroatoms. The highest BCUT2D eigenvalue weighted by Gasteiger charge is 2.20. The minimum atomic E-state index is -0.233. The quantitative estimate of drug-likeness (QED) is 0.303. The summed E-state index contributed by atoms with van der Waals surface area (Å²) in [6.45, 7) is 14.4. The number of nitrogens with zero attached hydrogens (tertiary/aromatic N) is 2. The van der Waals surface area contributed by atoms with Gasteiger partial charge in [0, 0.05) is 32.4 Å². The summed E-state index contributed by atoms with van der Waals surface area (Å²) in [6.07, 6.45) is 9.74. The van der Waals surface area contributed by atoms with E-state index in [4.69, 9.17) is 20.2 Å². The fraction of sp³-hybridized carbons (Fsp3) is 0.741. The Bertz CT molecular complexity index is 729. The van der Waals surface area contributed by atoms with Gasteiger partial charge in [0.1, 0.15) is 17.2 Å². The fourth-order valence-corrected chi connectivity index (χ4v) is 4.17. The van der Waals surface area contributed by atoms with Crippen LogP contribution >= 0.6 is 0 Å². The largest absolute Gasteiger partial charge is 0.491 e. The van der Waals surface area contributed by atoms with E-state index in [1.165, 1.54) is 17.7 Å². The van der Waals surface area contributed by atoms with Gasteiger partial charge in [0.05, 0.1) is 12.1 Å². The Hall–Kier alpha value is -1.63. The van der Waals surface area contributed by atoms with Crippen LogP contribution in [0.4, 0.5) is 5.82 Å². The summed E-state index contributed by atoms with van der Waals surface area (Å²) in [7, 11) is 1.78. The van der Waals surface area contributed by atoms with Crippen molar-refractivity contribution >= 4 is 5.82 Å². The molecule has 0 saturated heterocycles. The average Bonchev–Trinajstić information content (AvgIpc) is 2.78. The molecule has 2 heterocycles. The molecule has 1 aliphatic rings. The molecule has 1 aromatic rings. The number of fused-ring (bicyclic) bond motifs is 1. The molecule has 33 heavy (non-hydrogen) atoms. The maximum absolute atomic E-state index is 6.54. The minimum absolute atomic E-state index is 0.0864. The number of allylic oxidation sites excluding steroid dienone is 1. The molecule has 0 aromatic carbocycles. The predicted molar refractivity (Wildman–Crippen MR) is 139 cm³/mol. The third-order valence-corrected chi connectivity index (χ3v) is 5.98. The lowest BCUT2D eigenvalue weighted by molar-refractivity contribution is 0.0387. The maximum atomic E-state index is 6.54. The first-order valence-corrected chi connectivity index (χ1v) is 12.8. The average molecular weight is 461 g/mol. The van der Waals surface area contributed by atoms with E-state index in [-0.39, 0.29) is 17.7 Å². The molecule has 0 aliphatic carbocycles. The van der Waals surface area contributed by atoms with Gasteiger partial charge in [-0.1, -0.05) is 13.0 Å². The van der Waals surface area contributed by atoms with Crippen molar-refractivity contribution in [3.8, 4) is 0 Å². The summed E-state index contributed by atoms with van der Waals surface area (Å²) >= 11 is 0. The summed E-state index contributed by atoms with van der Waals surface area (Å²) in [6, 6.07) is 4.36. The van der Waals surface area contributed by atoms with Gasteiger partial charge in [-0.2, -0.15) is 0 Å². The van der Waals surface area contributed by atoms with Gasteiger partial charge < -0.3 is 25.4 Å². The van der Waals surface area contributed by atoms with Crippen molar-refractivity contribution < 1.29 is 9.47 Å². The highest BCUT2D eigenvalue weighted by molar-refractivity contribution is 5.46. The Labute approximate surface area is 202 Å². The zero-order chi connectivity index (χ0) is 24.3. The van der Waals surface area contributed by atoms with Crippen LogP contribution in [0.25, 0.3) is 0 Å². The zero-order valence-electron chi connectivity index (χ0n) is 22.0. The molecule has 0 saturated carbocycles. The van der Waals surface area contributed by atoms with Crippen LogP contribution < -0.4 is 11.1 Å². The number of pyridine rings is 1. The molecule has 6 nitrogen and oxygen atoms in total. The second kappa shape index (κ2) is 13.9. The molecule has 2 atom stereocenters. The van der Waals surface area contributed by atoms with Crippen molar-refractivity contribution in [3.63, 3.8) is 0 Å². The number of hydrogen-bond donors (Lipinski definition) is 2. The second-order valence-corrected chi connectivity index (χ2v) is 10.3. The van der Waals surface area contributed by atoms with E-state index >= 15 is 0 Å². The van der Waals surface area contributed by atoms with E-state index in [0.717, 1.165) is 76.3 Å². The molecule has 3 N–H and O–H groups in total. The van der Waals surface area contributed by atoms with E-state index in [2.05, 4.69) is 63.0 Å². The van der Waals surface area contributed by atoms with Gasteiger partial charge in [-0.05, 0) is 96.9 Å².